The van der Waals surface area contributed by atoms with Crippen LogP contribution in [0.3, 0.4) is 0 Å². The van der Waals surface area contributed by atoms with Gasteiger partial charge < -0.3 is 0 Å². The molecule has 28 heavy (non-hydrogen) atoms. The first-order valence-electron chi connectivity index (χ1n) is 11.1. The van der Waals surface area contributed by atoms with Gasteiger partial charge in [-0.2, -0.15) is 0 Å². The highest BCUT2D eigenvalue weighted by atomic mass is 31.1. The van der Waals surface area contributed by atoms with Crippen LogP contribution in [0.15, 0.2) is 36.4 Å². The molecule has 0 bridgehead atoms. The highest BCUT2D eigenvalue weighted by Gasteiger charge is 2.24. The van der Waals surface area contributed by atoms with Gasteiger partial charge >= 0.3 is 0 Å². The van der Waals surface area contributed by atoms with Gasteiger partial charge in [-0.3, -0.25) is 0 Å². The van der Waals surface area contributed by atoms with Crippen LogP contribution < -0.4 is 5.30 Å². The second-order valence-electron chi connectivity index (χ2n) is 9.64. The summed E-state index contributed by atoms with van der Waals surface area (Å²) in [6.45, 7) is 23.6. The Morgan fingerprint density at radius 2 is 1.00 bits per heavy atom. The second kappa shape index (κ2) is 9.58. The van der Waals surface area contributed by atoms with Gasteiger partial charge in [-0.1, -0.05) is 114 Å². The first-order valence-corrected chi connectivity index (χ1v) is 12.6. The zero-order valence-electron chi connectivity index (χ0n) is 19.8. The maximum absolute atomic E-state index is 2.53. The third-order valence-electron chi connectivity index (χ3n) is 5.71. The van der Waals surface area contributed by atoms with Crippen molar-refractivity contribution in [3.63, 3.8) is 0 Å². The molecule has 0 spiro atoms. The van der Waals surface area contributed by atoms with Gasteiger partial charge in [0.25, 0.3) is 0 Å². The van der Waals surface area contributed by atoms with Crippen LogP contribution in [-0.2, 0) is 0 Å². The molecule has 0 aliphatic heterocycles. The van der Waals surface area contributed by atoms with Crippen molar-refractivity contribution in [1.82, 2.24) is 0 Å². The van der Waals surface area contributed by atoms with Gasteiger partial charge in [0, 0.05) is 0 Å². The normalized spacial score (nSPS) is 12.4. The number of rotatable bonds is 7. The fraction of sp³-hybridized carbons (Fsp3) is 0.556. The maximum Gasteiger partial charge on any atom is -0.0104 e. The monoisotopic (exact) mass is 396 g/mol. The van der Waals surface area contributed by atoms with Gasteiger partial charge in [0.2, 0.25) is 0 Å². The molecule has 154 valence electrons. The fourth-order valence-electron chi connectivity index (χ4n) is 4.44. The van der Waals surface area contributed by atoms with Gasteiger partial charge in [-0.25, -0.2) is 0 Å². The molecule has 0 amide bonds. The largest absolute Gasteiger partial charge is 0.0694 e. The second-order valence-corrected chi connectivity index (χ2v) is 13.0. The predicted molar refractivity (Wildman–Crippen MR) is 131 cm³/mol. The minimum Gasteiger partial charge on any atom is -0.0694 e. The zero-order valence-corrected chi connectivity index (χ0v) is 20.7. The van der Waals surface area contributed by atoms with Crippen LogP contribution in [0.1, 0.15) is 104 Å². The number of hydrogen-bond acceptors (Lipinski definition) is 0. The summed E-state index contributed by atoms with van der Waals surface area (Å²) in [5.74, 6) is 1.62. The van der Waals surface area contributed by atoms with E-state index in [2.05, 4.69) is 106 Å². The maximum atomic E-state index is 2.53. The lowest BCUT2D eigenvalue weighted by atomic mass is 9.82. The molecule has 0 saturated heterocycles. The van der Waals surface area contributed by atoms with Crippen molar-refractivity contribution in [1.29, 1.82) is 0 Å². The smallest absolute Gasteiger partial charge is 0.0104 e. The Balaban J connectivity index is 2.83. The van der Waals surface area contributed by atoms with E-state index in [1.54, 1.807) is 5.30 Å². The summed E-state index contributed by atoms with van der Waals surface area (Å²) in [6.07, 6.45) is 0. The van der Waals surface area contributed by atoms with Gasteiger partial charge in [0.15, 0.2) is 0 Å². The quantitative estimate of drug-likeness (QED) is 0.411. The van der Waals surface area contributed by atoms with Gasteiger partial charge in [-0.05, 0) is 62.2 Å². The highest BCUT2D eigenvalue weighted by Crippen LogP contribution is 2.48. The van der Waals surface area contributed by atoms with E-state index in [0.29, 0.717) is 29.1 Å². The zero-order chi connectivity index (χ0) is 21.2. The number of benzene rings is 2. The van der Waals surface area contributed by atoms with E-state index in [1.165, 1.54) is 27.8 Å². The minimum atomic E-state index is -0.195. The Kier molecular flexibility index (Phi) is 7.92. The van der Waals surface area contributed by atoms with E-state index in [0.717, 1.165) is 0 Å². The van der Waals surface area contributed by atoms with Crippen molar-refractivity contribution in [2.24, 2.45) is 0 Å². The molecule has 0 fully saturated rings. The van der Waals surface area contributed by atoms with E-state index in [9.17, 15) is 0 Å². The van der Waals surface area contributed by atoms with E-state index in [4.69, 9.17) is 0 Å². The molecule has 2 aromatic rings. The van der Waals surface area contributed by atoms with Crippen LogP contribution in [0.4, 0.5) is 0 Å². The molecule has 0 nitrogen and oxygen atoms in total. The van der Waals surface area contributed by atoms with Crippen molar-refractivity contribution >= 4 is 13.2 Å². The summed E-state index contributed by atoms with van der Waals surface area (Å²) in [5.41, 5.74) is 8.86. The van der Waals surface area contributed by atoms with E-state index in [-0.39, 0.29) is 7.92 Å². The van der Waals surface area contributed by atoms with Crippen LogP contribution in [-0.4, -0.2) is 11.3 Å². The van der Waals surface area contributed by atoms with Crippen molar-refractivity contribution in [2.75, 3.05) is 0 Å². The standard InChI is InChI=1S/C27H41P/c1-17(2)23-15-25(19(5)6)26(16-24(23)18(3)4)22-13-11-12-14-27(22)28(20(7)8)21(9)10/h11-21H,1-10H3. The lowest BCUT2D eigenvalue weighted by Crippen LogP contribution is -2.18. The molecule has 0 unspecified atom stereocenters. The molecular weight excluding hydrogens is 355 g/mol. The van der Waals surface area contributed by atoms with Crippen molar-refractivity contribution in [3.05, 3.63) is 53.1 Å². The molecular formula is C27H41P. The number of hydrogen-bond donors (Lipinski definition) is 0. The Labute approximate surface area is 175 Å². The molecule has 0 heterocycles. The van der Waals surface area contributed by atoms with Crippen LogP contribution >= 0.6 is 7.92 Å². The van der Waals surface area contributed by atoms with Gasteiger partial charge in [0.1, 0.15) is 0 Å². The molecule has 2 rings (SSSR count). The van der Waals surface area contributed by atoms with E-state index < -0.39 is 0 Å². The molecule has 0 aliphatic rings. The SMILES string of the molecule is CC(C)c1cc(C(C)C)c(C(C)C)cc1-c1ccccc1P(C(C)C)C(C)C. The summed E-state index contributed by atoms with van der Waals surface area (Å²) < 4.78 is 0. The first-order chi connectivity index (χ1) is 13.1. The summed E-state index contributed by atoms with van der Waals surface area (Å²) >= 11 is 0. The third kappa shape index (κ3) is 4.88. The van der Waals surface area contributed by atoms with Crippen molar-refractivity contribution in [2.45, 2.75) is 98.3 Å². The Bertz CT molecular complexity index is 773. The summed E-state index contributed by atoms with van der Waals surface area (Å²) in [5, 5.41) is 1.58. The van der Waals surface area contributed by atoms with Crippen molar-refractivity contribution < 1.29 is 0 Å². The lowest BCUT2D eigenvalue weighted by molar-refractivity contribution is 0.779. The molecule has 0 atom stereocenters. The van der Waals surface area contributed by atoms with E-state index in [1.807, 2.05) is 0 Å². The summed E-state index contributed by atoms with van der Waals surface area (Å²) in [4.78, 5) is 0. The van der Waals surface area contributed by atoms with Crippen molar-refractivity contribution in [3.8, 4) is 11.1 Å². The lowest BCUT2D eigenvalue weighted by Gasteiger charge is -2.30. The molecule has 2 aromatic carbocycles. The average Bonchev–Trinajstić information content (AvgIpc) is 2.60. The Morgan fingerprint density at radius 1 is 0.536 bits per heavy atom. The molecule has 0 aliphatic carbocycles. The molecule has 0 radical (unpaired) electrons. The fourth-order valence-corrected chi connectivity index (χ4v) is 7.48. The van der Waals surface area contributed by atoms with Crippen LogP contribution in [0, 0.1) is 0 Å². The Morgan fingerprint density at radius 3 is 1.46 bits per heavy atom. The molecule has 0 aromatic heterocycles. The topological polar surface area (TPSA) is 0 Å². The Hall–Kier alpha value is -1.13. The summed E-state index contributed by atoms with van der Waals surface area (Å²) in [7, 11) is -0.195. The molecule has 0 N–H and O–H groups in total. The van der Waals surface area contributed by atoms with Crippen LogP contribution in [0.2, 0.25) is 0 Å². The van der Waals surface area contributed by atoms with Gasteiger partial charge in [0.05, 0.1) is 0 Å². The van der Waals surface area contributed by atoms with Crippen LogP contribution in [0.25, 0.3) is 11.1 Å². The highest BCUT2D eigenvalue weighted by molar-refractivity contribution is 7.67. The molecule has 0 saturated carbocycles. The van der Waals surface area contributed by atoms with Crippen LogP contribution in [0.5, 0.6) is 0 Å². The average molecular weight is 397 g/mol. The predicted octanol–water partition coefficient (Wildman–Crippen LogP) is 8.65. The van der Waals surface area contributed by atoms with E-state index >= 15 is 0 Å². The third-order valence-corrected chi connectivity index (χ3v) is 8.88. The molecule has 1 heteroatoms. The van der Waals surface area contributed by atoms with Gasteiger partial charge in [-0.15, -0.1) is 0 Å². The summed E-state index contributed by atoms with van der Waals surface area (Å²) in [6, 6.07) is 14.3. The minimum absolute atomic E-state index is 0.195. The first kappa shape index (κ1) is 23.2.